The molecule has 0 aromatic heterocycles. The third-order valence-corrected chi connectivity index (χ3v) is 14.8. The van der Waals surface area contributed by atoms with E-state index in [1.807, 2.05) is 0 Å². The van der Waals surface area contributed by atoms with Gasteiger partial charge in [0.15, 0.2) is 6.10 Å². The Morgan fingerprint density at radius 2 is 0.647 bits per heavy atom. The van der Waals surface area contributed by atoms with Crippen LogP contribution in [-0.4, -0.2) is 95.9 Å². The number of phosphoric acid groups is 2. The molecule has 0 saturated carbocycles. The predicted octanol–water partition coefficient (Wildman–Crippen LogP) is 17.3. The monoisotopic (exact) mass is 1240 g/mol. The highest BCUT2D eigenvalue weighted by molar-refractivity contribution is 7.47. The van der Waals surface area contributed by atoms with Gasteiger partial charge >= 0.3 is 33.6 Å². The lowest BCUT2D eigenvalue weighted by Gasteiger charge is -2.21. The van der Waals surface area contributed by atoms with Crippen molar-refractivity contribution in [1.29, 1.82) is 0 Å². The molecular formula is C67H114O16P2. The molecule has 4 N–H and O–H groups in total. The van der Waals surface area contributed by atoms with Gasteiger partial charge in [0.05, 0.1) is 26.4 Å². The highest BCUT2D eigenvalue weighted by Crippen LogP contribution is 2.45. The molecule has 5 unspecified atom stereocenters. The minimum Gasteiger partial charge on any atom is -0.463 e. The first-order valence-corrected chi connectivity index (χ1v) is 35.2. The highest BCUT2D eigenvalue weighted by Gasteiger charge is 2.29. The number of ether oxygens (including phenoxy) is 3. The number of allylic oxidation sites excluding steroid dienone is 18. The first kappa shape index (κ1) is 81.2. The standard InChI is InChI=1S/C67H114O16P2/c1-4-7-10-13-16-19-22-24-25-26-27-28-29-30-31-32-33-34-35-37-40-41-44-47-50-53-65(70)77-56-62(68)57-79-84(73,74)80-58-63(69)59-81-85(75,76)82-61-64(83-67(72)55-52-49-46-43-38-21-18-15-12-9-6-3)60-78-66(71)54-51-48-45-42-39-36-23-20-17-14-11-8-5-2/h7,10-11,14-16,18-20,23-25,27-28,30-31,33-34,62-64,68-69H,4-6,8-9,12-13,17,21-22,26,29,32,35-61H2,1-3H3,(H,73,74)(H,75,76)/b10-7-,14-11-,18-15-,19-16-,23-20-,25-24-,28-27-,31-30-,34-33-. The van der Waals surface area contributed by atoms with E-state index in [2.05, 4.69) is 130 Å². The summed E-state index contributed by atoms with van der Waals surface area (Å²) >= 11 is 0. The molecule has 0 aromatic carbocycles. The van der Waals surface area contributed by atoms with Crippen LogP contribution in [0.5, 0.6) is 0 Å². The van der Waals surface area contributed by atoms with Gasteiger partial charge in [-0.15, -0.1) is 0 Å². The van der Waals surface area contributed by atoms with Crippen LogP contribution < -0.4 is 0 Å². The van der Waals surface area contributed by atoms with Gasteiger partial charge in [-0.3, -0.25) is 32.5 Å². The summed E-state index contributed by atoms with van der Waals surface area (Å²) in [5.74, 6) is -1.62. The van der Waals surface area contributed by atoms with Gasteiger partial charge < -0.3 is 34.2 Å². The number of carbonyl (C=O) groups excluding carboxylic acids is 3. The van der Waals surface area contributed by atoms with Crippen LogP contribution in [-0.2, 0) is 55.8 Å². The summed E-state index contributed by atoms with van der Waals surface area (Å²) in [5, 5.41) is 20.5. The molecule has 0 aliphatic heterocycles. The van der Waals surface area contributed by atoms with E-state index in [1.165, 1.54) is 12.8 Å². The summed E-state index contributed by atoms with van der Waals surface area (Å²) in [6, 6.07) is 0. The molecule has 0 fully saturated rings. The SMILES string of the molecule is CC/C=C\C/C=C\C/C=C\C/C=C\C/C=C\C/C=C\CCCCCCCCC(=O)OCC(O)COP(=O)(O)OCC(O)COP(=O)(O)OCC(COC(=O)CCCCCCC/C=C\C/C=C\CCC)OC(=O)CCCCCCC/C=C\CCCC. The fraction of sp³-hybridized carbons (Fsp3) is 0.687. The van der Waals surface area contributed by atoms with Crippen LogP contribution in [0.4, 0.5) is 0 Å². The molecule has 85 heavy (non-hydrogen) atoms. The molecule has 0 aliphatic carbocycles. The number of rotatable bonds is 60. The molecule has 0 rings (SSSR count). The summed E-state index contributed by atoms with van der Waals surface area (Å²) in [5.41, 5.74) is 0. The van der Waals surface area contributed by atoms with E-state index in [4.69, 9.17) is 32.3 Å². The van der Waals surface area contributed by atoms with Crippen LogP contribution >= 0.6 is 15.6 Å². The van der Waals surface area contributed by atoms with Gasteiger partial charge in [0.1, 0.15) is 25.4 Å². The maximum absolute atomic E-state index is 12.8. The van der Waals surface area contributed by atoms with E-state index in [0.717, 1.165) is 167 Å². The Balaban J connectivity index is 4.52. The molecule has 0 aliphatic rings. The van der Waals surface area contributed by atoms with E-state index in [0.29, 0.717) is 19.3 Å². The van der Waals surface area contributed by atoms with Crippen LogP contribution in [0.1, 0.15) is 239 Å². The van der Waals surface area contributed by atoms with Crippen molar-refractivity contribution in [1.82, 2.24) is 0 Å². The summed E-state index contributed by atoms with van der Waals surface area (Å²) < 4.78 is 60.6. The smallest absolute Gasteiger partial charge is 0.463 e. The largest absolute Gasteiger partial charge is 0.472 e. The number of hydrogen-bond acceptors (Lipinski definition) is 14. The Hall–Kier alpha value is -3.79. The highest BCUT2D eigenvalue weighted by atomic mass is 31.2. The Morgan fingerprint density at radius 3 is 1.05 bits per heavy atom. The average molecular weight is 1240 g/mol. The first-order valence-electron chi connectivity index (χ1n) is 32.2. The molecule has 0 heterocycles. The molecule has 0 amide bonds. The number of phosphoric ester groups is 2. The second-order valence-corrected chi connectivity index (χ2v) is 24.1. The number of carbonyl (C=O) groups is 3. The quantitative estimate of drug-likeness (QED) is 0.0146. The van der Waals surface area contributed by atoms with E-state index in [-0.39, 0.29) is 19.3 Å². The van der Waals surface area contributed by atoms with Gasteiger partial charge in [-0.1, -0.05) is 214 Å². The third kappa shape index (κ3) is 61.6. The van der Waals surface area contributed by atoms with Crippen LogP contribution in [0.25, 0.3) is 0 Å². The zero-order valence-electron chi connectivity index (χ0n) is 52.5. The lowest BCUT2D eigenvalue weighted by molar-refractivity contribution is -0.161. The fourth-order valence-corrected chi connectivity index (χ4v) is 9.59. The lowest BCUT2D eigenvalue weighted by atomic mass is 10.1. The Kier molecular flexibility index (Phi) is 57.8. The molecule has 5 atom stereocenters. The van der Waals surface area contributed by atoms with Crippen molar-refractivity contribution in [3.8, 4) is 0 Å². The maximum Gasteiger partial charge on any atom is 0.472 e. The summed E-state index contributed by atoms with van der Waals surface area (Å²) in [4.78, 5) is 58.1. The van der Waals surface area contributed by atoms with Gasteiger partial charge in [0.25, 0.3) is 0 Å². The Morgan fingerprint density at radius 1 is 0.341 bits per heavy atom. The molecule has 0 saturated heterocycles. The molecule has 0 radical (unpaired) electrons. The minimum absolute atomic E-state index is 0.0896. The summed E-state index contributed by atoms with van der Waals surface area (Å²) in [6.45, 7) is 2.37. The van der Waals surface area contributed by atoms with Crippen molar-refractivity contribution in [3.05, 3.63) is 109 Å². The molecule has 0 spiro atoms. The number of esters is 3. The van der Waals surface area contributed by atoms with E-state index < -0.39 is 91.5 Å². The number of unbranched alkanes of at least 4 members (excludes halogenated alkanes) is 19. The van der Waals surface area contributed by atoms with Crippen molar-refractivity contribution in [2.45, 2.75) is 257 Å². The van der Waals surface area contributed by atoms with Crippen LogP contribution in [0, 0.1) is 0 Å². The molecular weight excluding hydrogens is 1120 g/mol. The predicted molar refractivity (Wildman–Crippen MR) is 344 cm³/mol. The molecule has 16 nitrogen and oxygen atoms in total. The fourth-order valence-electron chi connectivity index (χ4n) is 8.00. The second kappa shape index (κ2) is 60.5. The van der Waals surface area contributed by atoms with Crippen LogP contribution in [0.3, 0.4) is 0 Å². The summed E-state index contributed by atoms with van der Waals surface area (Å²) in [6.07, 6.45) is 65.9. The zero-order valence-corrected chi connectivity index (χ0v) is 54.3. The zero-order chi connectivity index (χ0) is 62.4. The Labute approximate surface area is 513 Å². The second-order valence-electron chi connectivity index (χ2n) is 21.2. The normalized spacial score (nSPS) is 15.0. The minimum atomic E-state index is -4.92. The molecule has 0 bridgehead atoms. The Bertz CT molecular complexity index is 1990. The first-order chi connectivity index (χ1) is 41.2. The summed E-state index contributed by atoms with van der Waals surface area (Å²) in [7, 11) is -9.77. The molecule has 488 valence electrons. The van der Waals surface area contributed by atoms with Crippen molar-refractivity contribution >= 4 is 33.6 Å². The molecule has 18 heteroatoms. The number of aliphatic hydroxyl groups is 2. The van der Waals surface area contributed by atoms with Gasteiger partial charge in [-0.2, -0.15) is 0 Å². The average Bonchev–Trinajstić information content (AvgIpc) is 3.60. The van der Waals surface area contributed by atoms with Gasteiger partial charge in [0, 0.05) is 19.3 Å². The third-order valence-electron chi connectivity index (χ3n) is 12.9. The topological polar surface area (TPSA) is 231 Å². The van der Waals surface area contributed by atoms with Gasteiger partial charge in [-0.25, -0.2) is 9.13 Å². The van der Waals surface area contributed by atoms with Crippen molar-refractivity contribution in [3.63, 3.8) is 0 Å². The van der Waals surface area contributed by atoms with Gasteiger partial charge in [-0.05, 0) is 116 Å². The van der Waals surface area contributed by atoms with Crippen LogP contribution in [0.15, 0.2) is 109 Å². The van der Waals surface area contributed by atoms with E-state index in [9.17, 15) is 43.5 Å². The number of hydrogen-bond donors (Lipinski definition) is 4. The van der Waals surface area contributed by atoms with Crippen molar-refractivity contribution in [2.75, 3.05) is 39.6 Å². The van der Waals surface area contributed by atoms with Crippen LogP contribution in [0.2, 0.25) is 0 Å². The van der Waals surface area contributed by atoms with E-state index >= 15 is 0 Å². The maximum atomic E-state index is 12.8. The van der Waals surface area contributed by atoms with Crippen molar-refractivity contribution in [2.24, 2.45) is 0 Å². The number of aliphatic hydroxyl groups excluding tert-OH is 2. The lowest BCUT2D eigenvalue weighted by Crippen LogP contribution is -2.30. The van der Waals surface area contributed by atoms with Crippen molar-refractivity contribution < 1.29 is 75.8 Å². The van der Waals surface area contributed by atoms with E-state index in [1.54, 1.807) is 0 Å². The van der Waals surface area contributed by atoms with Gasteiger partial charge in [0.2, 0.25) is 0 Å². The molecule has 0 aromatic rings.